The summed E-state index contributed by atoms with van der Waals surface area (Å²) in [6, 6.07) is 0. The summed E-state index contributed by atoms with van der Waals surface area (Å²) in [5.41, 5.74) is 0. The quantitative estimate of drug-likeness (QED) is 0.509. The maximum absolute atomic E-state index is 10.6. The molecule has 14 heavy (non-hydrogen) atoms. The van der Waals surface area contributed by atoms with Crippen molar-refractivity contribution in [3.8, 4) is 0 Å². The molecular weight excluding hydrogens is 202 g/mol. The highest BCUT2D eigenvalue weighted by Crippen LogP contribution is 2.08. The van der Waals surface area contributed by atoms with E-state index in [2.05, 4.69) is 11.8 Å². The van der Waals surface area contributed by atoms with Crippen LogP contribution in [0.5, 0.6) is 0 Å². The van der Waals surface area contributed by atoms with Gasteiger partial charge in [0.25, 0.3) is 0 Å². The maximum Gasteiger partial charge on any atom is 0.324 e. The first-order chi connectivity index (χ1) is 6.31. The molecule has 0 aromatic heterocycles. The Morgan fingerprint density at radius 1 is 1.07 bits per heavy atom. The van der Waals surface area contributed by atoms with E-state index in [1.165, 1.54) is 32.1 Å². The number of halogens is 1. The lowest BCUT2D eigenvalue weighted by Gasteiger charge is -1.99. The van der Waals surface area contributed by atoms with Crippen LogP contribution < -0.4 is 5.90 Å². The van der Waals surface area contributed by atoms with Crippen molar-refractivity contribution in [1.82, 2.24) is 0 Å². The molecule has 0 amide bonds. The lowest BCUT2D eigenvalue weighted by molar-refractivity contribution is -0.144. The molecule has 0 saturated carbocycles. The number of hydrogen-bond donors (Lipinski definition) is 1. The Kier molecular flexibility index (Phi) is 14.7. The van der Waals surface area contributed by atoms with Gasteiger partial charge in [-0.25, -0.2) is 0 Å². The Morgan fingerprint density at radius 2 is 1.57 bits per heavy atom. The maximum atomic E-state index is 10.6. The average Bonchev–Trinajstić information content (AvgIpc) is 2.16. The third-order valence-electron chi connectivity index (χ3n) is 2.12. The zero-order valence-electron chi connectivity index (χ0n) is 8.96. The molecule has 0 aromatic rings. The van der Waals surface area contributed by atoms with Crippen molar-refractivity contribution in [2.45, 2.75) is 58.3 Å². The zero-order chi connectivity index (χ0) is 9.94. The number of nitrogens with two attached hydrogens (primary N) is 1. The molecule has 2 N–H and O–H groups in total. The summed E-state index contributed by atoms with van der Waals surface area (Å²) in [6.07, 6.45) is 8.90. The first kappa shape index (κ1) is 16.2. The Balaban J connectivity index is 0. The van der Waals surface area contributed by atoms with Crippen LogP contribution in [0.15, 0.2) is 0 Å². The van der Waals surface area contributed by atoms with Gasteiger partial charge < -0.3 is 4.84 Å². The molecule has 0 spiro atoms. The molecule has 0 heterocycles. The summed E-state index contributed by atoms with van der Waals surface area (Å²) < 4.78 is 0. The number of carbonyl (C=O) groups is 1. The van der Waals surface area contributed by atoms with E-state index >= 15 is 0 Å². The van der Waals surface area contributed by atoms with E-state index in [-0.39, 0.29) is 18.4 Å². The largest absolute Gasteiger partial charge is 0.373 e. The molecular formula is C10H22ClNO2. The highest BCUT2D eigenvalue weighted by atomic mass is 35.5. The van der Waals surface area contributed by atoms with Crippen molar-refractivity contribution >= 4 is 18.4 Å². The van der Waals surface area contributed by atoms with Crippen LogP contribution in [0, 0.1) is 0 Å². The monoisotopic (exact) mass is 223 g/mol. The summed E-state index contributed by atoms with van der Waals surface area (Å²) in [5.74, 6) is 4.41. The van der Waals surface area contributed by atoms with Crippen LogP contribution in [0.1, 0.15) is 58.3 Å². The average molecular weight is 224 g/mol. The van der Waals surface area contributed by atoms with Crippen LogP contribution in [0.25, 0.3) is 0 Å². The van der Waals surface area contributed by atoms with Crippen LogP contribution in [0.4, 0.5) is 0 Å². The molecule has 0 rings (SSSR count). The molecule has 0 unspecified atom stereocenters. The van der Waals surface area contributed by atoms with Gasteiger partial charge in [0, 0.05) is 6.42 Å². The van der Waals surface area contributed by atoms with Crippen LogP contribution in [-0.4, -0.2) is 5.97 Å². The lowest BCUT2D eigenvalue weighted by Crippen LogP contribution is -2.08. The van der Waals surface area contributed by atoms with Gasteiger partial charge in [-0.2, -0.15) is 5.90 Å². The molecule has 86 valence electrons. The minimum Gasteiger partial charge on any atom is -0.373 e. The van der Waals surface area contributed by atoms with Crippen molar-refractivity contribution < 1.29 is 9.63 Å². The molecule has 0 radical (unpaired) electrons. The van der Waals surface area contributed by atoms with Crippen molar-refractivity contribution in [3.63, 3.8) is 0 Å². The van der Waals surface area contributed by atoms with Gasteiger partial charge in [-0.15, -0.1) is 12.4 Å². The predicted octanol–water partition coefficient (Wildman–Crippen LogP) is 2.97. The highest BCUT2D eigenvalue weighted by molar-refractivity contribution is 5.85. The van der Waals surface area contributed by atoms with E-state index in [1.807, 2.05) is 0 Å². The normalized spacial score (nSPS) is 9.29. The van der Waals surface area contributed by atoms with Gasteiger partial charge in [0.15, 0.2) is 0 Å². The fraction of sp³-hybridized carbons (Fsp3) is 0.900. The Bertz CT molecular complexity index is 131. The van der Waals surface area contributed by atoms with Crippen molar-refractivity contribution in [3.05, 3.63) is 0 Å². The van der Waals surface area contributed by atoms with Crippen LogP contribution >= 0.6 is 12.4 Å². The molecule has 0 bridgehead atoms. The Labute approximate surface area is 92.7 Å². The minimum atomic E-state index is -0.298. The van der Waals surface area contributed by atoms with E-state index in [0.29, 0.717) is 6.42 Å². The summed E-state index contributed by atoms with van der Waals surface area (Å²) in [7, 11) is 0. The zero-order valence-corrected chi connectivity index (χ0v) is 9.78. The smallest absolute Gasteiger partial charge is 0.324 e. The molecule has 0 aliphatic heterocycles. The summed E-state index contributed by atoms with van der Waals surface area (Å²) >= 11 is 0. The Hall–Kier alpha value is -0.280. The first-order valence-corrected chi connectivity index (χ1v) is 5.20. The number of carbonyl (C=O) groups excluding carboxylic acids is 1. The van der Waals surface area contributed by atoms with E-state index in [1.54, 1.807) is 0 Å². The second kappa shape index (κ2) is 12.7. The topological polar surface area (TPSA) is 52.3 Å². The summed E-state index contributed by atoms with van der Waals surface area (Å²) in [4.78, 5) is 14.7. The van der Waals surface area contributed by atoms with Gasteiger partial charge in [0.2, 0.25) is 0 Å². The summed E-state index contributed by atoms with van der Waals surface area (Å²) in [5, 5.41) is 0. The molecule has 0 aromatic carbocycles. The third kappa shape index (κ3) is 11.7. The molecule has 0 fully saturated rings. The second-order valence-corrected chi connectivity index (χ2v) is 3.36. The van der Waals surface area contributed by atoms with Crippen LogP contribution in [-0.2, 0) is 9.63 Å². The van der Waals surface area contributed by atoms with E-state index < -0.39 is 0 Å². The fourth-order valence-corrected chi connectivity index (χ4v) is 1.29. The molecule has 3 nitrogen and oxygen atoms in total. The van der Waals surface area contributed by atoms with Crippen molar-refractivity contribution in [2.75, 3.05) is 0 Å². The SMILES string of the molecule is CCCCCCCCCC(=O)ON.Cl. The first-order valence-electron chi connectivity index (χ1n) is 5.20. The Morgan fingerprint density at radius 3 is 2.07 bits per heavy atom. The van der Waals surface area contributed by atoms with Crippen molar-refractivity contribution in [2.24, 2.45) is 5.90 Å². The van der Waals surface area contributed by atoms with E-state index in [9.17, 15) is 4.79 Å². The van der Waals surface area contributed by atoms with E-state index in [4.69, 9.17) is 5.90 Å². The molecule has 0 aliphatic rings. The number of unbranched alkanes of at least 4 members (excludes halogenated alkanes) is 6. The van der Waals surface area contributed by atoms with Gasteiger partial charge in [-0.1, -0.05) is 45.4 Å². The van der Waals surface area contributed by atoms with Crippen molar-refractivity contribution in [1.29, 1.82) is 0 Å². The van der Waals surface area contributed by atoms with Gasteiger partial charge in [0.1, 0.15) is 0 Å². The predicted molar refractivity (Wildman–Crippen MR) is 60.1 cm³/mol. The molecule has 0 atom stereocenters. The van der Waals surface area contributed by atoms with Gasteiger partial charge >= 0.3 is 5.97 Å². The van der Waals surface area contributed by atoms with Gasteiger partial charge in [-0.05, 0) is 6.42 Å². The third-order valence-corrected chi connectivity index (χ3v) is 2.12. The van der Waals surface area contributed by atoms with Crippen LogP contribution in [0.2, 0.25) is 0 Å². The number of rotatable bonds is 8. The van der Waals surface area contributed by atoms with Crippen LogP contribution in [0.3, 0.4) is 0 Å². The lowest BCUT2D eigenvalue weighted by atomic mass is 10.1. The minimum absolute atomic E-state index is 0. The molecule has 0 saturated heterocycles. The highest BCUT2D eigenvalue weighted by Gasteiger charge is 1.99. The number of hydrogen-bond acceptors (Lipinski definition) is 3. The second-order valence-electron chi connectivity index (χ2n) is 3.36. The van der Waals surface area contributed by atoms with Gasteiger partial charge in [0.05, 0.1) is 0 Å². The van der Waals surface area contributed by atoms with E-state index in [0.717, 1.165) is 12.8 Å². The van der Waals surface area contributed by atoms with Gasteiger partial charge in [-0.3, -0.25) is 4.79 Å². The molecule has 0 aliphatic carbocycles. The fourth-order valence-electron chi connectivity index (χ4n) is 1.29. The summed E-state index contributed by atoms with van der Waals surface area (Å²) in [6.45, 7) is 2.21. The molecule has 4 heteroatoms. The standard InChI is InChI=1S/C10H21NO2.ClH/c1-2-3-4-5-6-7-8-9-10(12)13-11;/h2-9,11H2,1H3;1H.